The van der Waals surface area contributed by atoms with Crippen molar-refractivity contribution in [1.82, 2.24) is 14.8 Å². The Hall–Kier alpha value is -3.53. The normalized spacial score (nSPS) is 15.1. The van der Waals surface area contributed by atoms with Gasteiger partial charge in [0.15, 0.2) is 11.5 Å². The Balaban J connectivity index is 1.77. The van der Waals surface area contributed by atoms with Crippen molar-refractivity contribution in [3.05, 3.63) is 64.0 Å². The molecule has 1 aromatic heterocycles. The molecule has 0 radical (unpaired) electrons. The average Bonchev–Trinajstić information content (AvgIpc) is 3.24. The summed E-state index contributed by atoms with van der Waals surface area (Å²) in [6.45, 7) is 4.02. The summed E-state index contributed by atoms with van der Waals surface area (Å²) in [7, 11) is 1.59. The zero-order valence-corrected chi connectivity index (χ0v) is 19.3. The van der Waals surface area contributed by atoms with Crippen LogP contribution in [0.15, 0.2) is 58.5 Å². The van der Waals surface area contributed by atoms with Gasteiger partial charge in [0.05, 0.1) is 23.8 Å². The van der Waals surface area contributed by atoms with E-state index in [0.29, 0.717) is 51.0 Å². The minimum absolute atomic E-state index is 0.00622. The molecule has 1 aliphatic heterocycles. The summed E-state index contributed by atoms with van der Waals surface area (Å²) in [6.07, 6.45) is 1.42. The van der Waals surface area contributed by atoms with Crippen LogP contribution in [0.5, 0.6) is 17.2 Å². The van der Waals surface area contributed by atoms with Crippen molar-refractivity contribution in [2.24, 2.45) is 0 Å². The largest absolute Gasteiger partial charge is 0.503 e. The number of ether oxygens (including phenoxy) is 2. The molecule has 2 heterocycles. The standard InChI is InChI=1S/C22H22BrN5O4/c1-4-32-17-10-13(9-16(23)20(17)29)19-18(12(2)26-22-24-11-25-28(19)22)21(30)27-14-5-7-15(31-3)8-6-14/h5-11,19,29H,4H2,1-3H3,(H,27,30)(H,24,25,26)/t19-/m1/s1. The second-order valence-corrected chi connectivity index (χ2v) is 7.91. The van der Waals surface area contributed by atoms with E-state index in [4.69, 9.17) is 9.47 Å². The molecule has 3 aromatic rings. The first-order chi connectivity index (χ1) is 15.4. The highest BCUT2D eigenvalue weighted by molar-refractivity contribution is 9.10. The summed E-state index contributed by atoms with van der Waals surface area (Å²) in [6, 6.07) is 9.93. The van der Waals surface area contributed by atoms with Crippen LogP contribution in [0, 0.1) is 0 Å². The summed E-state index contributed by atoms with van der Waals surface area (Å²) < 4.78 is 12.8. The molecule has 0 aliphatic carbocycles. The van der Waals surface area contributed by atoms with Crippen molar-refractivity contribution in [2.75, 3.05) is 24.4 Å². The number of benzene rings is 2. The molecule has 0 spiro atoms. The molecule has 9 nitrogen and oxygen atoms in total. The van der Waals surface area contributed by atoms with E-state index in [9.17, 15) is 9.90 Å². The number of aromatic hydroxyl groups is 1. The highest BCUT2D eigenvalue weighted by atomic mass is 79.9. The molecular formula is C22H22BrN5O4. The fourth-order valence-corrected chi connectivity index (χ4v) is 4.04. The number of nitrogens with one attached hydrogen (secondary N) is 2. The number of hydrogen-bond acceptors (Lipinski definition) is 7. The lowest BCUT2D eigenvalue weighted by atomic mass is 9.94. The lowest BCUT2D eigenvalue weighted by Crippen LogP contribution is -2.31. The highest BCUT2D eigenvalue weighted by Gasteiger charge is 2.34. The monoisotopic (exact) mass is 499 g/mol. The van der Waals surface area contributed by atoms with E-state index < -0.39 is 6.04 Å². The molecule has 1 aliphatic rings. The quantitative estimate of drug-likeness (QED) is 0.468. The van der Waals surface area contributed by atoms with Gasteiger partial charge in [0.25, 0.3) is 5.91 Å². The van der Waals surface area contributed by atoms with Crippen molar-refractivity contribution in [3.63, 3.8) is 0 Å². The number of methoxy groups -OCH3 is 1. The fraction of sp³-hybridized carbons (Fsp3) is 0.227. The number of phenolic OH excluding ortho intramolecular Hbond substituents is 1. The summed E-state index contributed by atoms with van der Waals surface area (Å²) in [4.78, 5) is 17.7. The summed E-state index contributed by atoms with van der Waals surface area (Å²) in [5.74, 6) is 1.21. The van der Waals surface area contributed by atoms with Crippen LogP contribution in [0.25, 0.3) is 0 Å². The summed E-state index contributed by atoms with van der Waals surface area (Å²) in [5.41, 5.74) is 2.43. The van der Waals surface area contributed by atoms with Crippen LogP contribution < -0.4 is 20.1 Å². The van der Waals surface area contributed by atoms with Crippen LogP contribution in [0.3, 0.4) is 0 Å². The van der Waals surface area contributed by atoms with Gasteiger partial charge in [-0.25, -0.2) is 4.68 Å². The number of rotatable bonds is 6. The first-order valence-electron chi connectivity index (χ1n) is 9.90. The molecule has 166 valence electrons. The number of anilines is 2. The Morgan fingerprint density at radius 2 is 2.06 bits per heavy atom. The molecule has 10 heteroatoms. The molecule has 0 fully saturated rings. The van der Waals surface area contributed by atoms with Crippen LogP contribution in [0.2, 0.25) is 0 Å². The predicted octanol–water partition coefficient (Wildman–Crippen LogP) is 4.08. The van der Waals surface area contributed by atoms with Gasteiger partial charge in [-0.2, -0.15) is 10.1 Å². The van der Waals surface area contributed by atoms with Gasteiger partial charge in [0, 0.05) is 11.4 Å². The minimum Gasteiger partial charge on any atom is -0.503 e. The van der Waals surface area contributed by atoms with Crippen molar-refractivity contribution >= 4 is 33.5 Å². The second kappa shape index (κ2) is 8.91. The molecule has 2 aromatic carbocycles. The number of allylic oxidation sites excluding steroid dienone is 1. The van der Waals surface area contributed by atoms with Crippen LogP contribution in [0.4, 0.5) is 11.6 Å². The number of fused-ring (bicyclic) bond motifs is 1. The minimum atomic E-state index is -0.594. The van der Waals surface area contributed by atoms with Crippen molar-refractivity contribution in [3.8, 4) is 17.2 Å². The van der Waals surface area contributed by atoms with Gasteiger partial charge < -0.3 is 25.2 Å². The molecule has 0 bridgehead atoms. The van der Waals surface area contributed by atoms with Crippen molar-refractivity contribution < 1.29 is 19.4 Å². The zero-order valence-electron chi connectivity index (χ0n) is 17.7. The highest BCUT2D eigenvalue weighted by Crippen LogP contribution is 2.42. The van der Waals surface area contributed by atoms with Gasteiger partial charge in [-0.05, 0) is 71.7 Å². The molecular weight excluding hydrogens is 478 g/mol. The topological polar surface area (TPSA) is 111 Å². The number of amides is 1. The third-order valence-corrected chi connectivity index (χ3v) is 5.66. The van der Waals surface area contributed by atoms with E-state index in [1.54, 1.807) is 48.2 Å². The lowest BCUT2D eigenvalue weighted by molar-refractivity contribution is -0.113. The van der Waals surface area contributed by atoms with Gasteiger partial charge in [-0.15, -0.1) is 0 Å². The number of nitrogens with zero attached hydrogens (tertiary/aromatic N) is 3. The van der Waals surface area contributed by atoms with Gasteiger partial charge in [-0.1, -0.05) is 0 Å². The van der Waals surface area contributed by atoms with Gasteiger partial charge in [-0.3, -0.25) is 4.79 Å². The van der Waals surface area contributed by atoms with E-state index in [2.05, 4.69) is 36.6 Å². The third-order valence-electron chi connectivity index (χ3n) is 5.05. The number of phenols is 1. The smallest absolute Gasteiger partial charge is 0.255 e. The summed E-state index contributed by atoms with van der Waals surface area (Å²) in [5, 5.41) is 20.8. The Morgan fingerprint density at radius 1 is 1.31 bits per heavy atom. The maximum Gasteiger partial charge on any atom is 0.255 e. The molecule has 0 saturated carbocycles. The van der Waals surface area contributed by atoms with Crippen molar-refractivity contribution in [2.45, 2.75) is 19.9 Å². The third kappa shape index (κ3) is 4.01. The Kier molecular flexibility index (Phi) is 6.04. The number of aromatic nitrogens is 3. The van der Waals surface area contributed by atoms with Crippen LogP contribution in [0.1, 0.15) is 25.5 Å². The van der Waals surface area contributed by atoms with E-state index in [0.717, 1.165) is 0 Å². The number of carbonyl (C=O) groups excluding carboxylic acids is 1. The Labute approximate surface area is 193 Å². The van der Waals surface area contributed by atoms with Crippen LogP contribution in [-0.2, 0) is 4.79 Å². The van der Waals surface area contributed by atoms with E-state index in [1.165, 1.54) is 6.33 Å². The average molecular weight is 500 g/mol. The second-order valence-electron chi connectivity index (χ2n) is 7.06. The van der Waals surface area contributed by atoms with Gasteiger partial charge in [0.1, 0.15) is 18.1 Å². The van der Waals surface area contributed by atoms with E-state index >= 15 is 0 Å². The lowest BCUT2D eigenvalue weighted by Gasteiger charge is -2.29. The van der Waals surface area contributed by atoms with E-state index in [1.807, 2.05) is 13.8 Å². The number of halogens is 1. The molecule has 0 saturated heterocycles. The number of carbonyl (C=O) groups is 1. The molecule has 0 unspecified atom stereocenters. The maximum atomic E-state index is 13.4. The SMILES string of the molecule is CCOc1cc([C@@H]2C(C(=O)Nc3ccc(OC)cc3)=C(C)Nc3ncnn32)cc(Br)c1O. The van der Waals surface area contributed by atoms with E-state index in [-0.39, 0.29) is 11.7 Å². The first-order valence-corrected chi connectivity index (χ1v) is 10.7. The maximum absolute atomic E-state index is 13.4. The number of hydrogen-bond donors (Lipinski definition) is 3. The zero-order chi connectivity index (χ0) is 22.8. The first kappa shape index (κ1) is 21.7. The van der Waals surface area contributed by atoms with Gasteiger partial charge in [0.2, 0.25) is 5.95 Å². The predicted molar refractivity (Wildman–Crippen MR) is 123 cm³/mol. The van der Waals surface area contributed by atoms with Crippen molar-refractivity contribution in [1.29, 1.82) is 0 Å². The Morgan fingerprint density at radius 3 is 2.75 bits per heavy atom. The van der Waals surface area contributed by atoms with Crippen LogP contribution in [-0.4, -0.2) is 39.5 Å². The molecule has 1 atom stereocenters. The van der Waals surface area contributed by atoms with Crippen LogP contribution >= 0.6 is 15.9 Å². The Bertz CT molecular complexity index is 1190. The summed E-state index contributed by atoms with van der Waals surface area (Å²) >= 11 is 3.38. The molecule has 3 N–H and O–H groups in total. The molecule has 1 amide bonds. The fourth-order valence-electron chi connectivity index (χ4n) is 3.58. The van der Waals surface area contributed by atoms with Gasteiger partial charge >= 0.3 is 0 Å². The molecule has 4 rings (SSSR count). The molecule has 32 heavy (non-hydrogen) atoms.